The minimum absolute atomic E-state index is 0.133. The molecule has 2 rings (SSSR count). The van der Waals surface area contributed by atoms with E-state index in [2.05, 4.69) is 5.32 Å². The van der Waals surface area contributed by atoms with Crippen LogP contribution in [0.25, 0.3) is 0 Å². The molecule has 0 saturated heterocycles. The zero-order chi connectivity index (χ0) is 20.2. The third-order valence-electron chi connectivity index (χ3n) is 3.80. The first-order valence-corrected chi connectivity index (χ1v) is 8.43. The topological polar surface area (TPSA) is 99.4 Å². The van der Waals surface area contributed by atoms with Crippen molar-refractivity contribution in [3.8, 4) is 0 Å². The van der Waals surface area contributed by atoms with E-state index in [1.54, 1.807) is 45.0 Å². The molecule has 0 spiro atoms. The average Bonchev–Trinajstić information content (AvgIpc) is 2.61. The summed E-state index contributed by atoms with van der Waals surface area (Å²) in [6.45, 7) is 6.89. The van der Waals surface area contributed by atoms with Crippen LogP contribution >= 0.6 is 0 Å². The van der Waals surface area contributed by atoms with Crippen molar-refractivity contribution in [1.82, 2.24) is 0 Å². The Bertz CT molecular complexity index is 836. The molecule has 1 heterocycles. The lowest BCUT2D eigenvalue weighted by molar-refractivity contribution is -0.605. The molecule has 0 saturated carbocycles. The number of carbonyl (C=O) groups is 3. The van der Waals surface area contributed by atoms with E-state index in [0.29, 0.717) is 16.0 Å². The Morgan fingerprint density at radius 1 is 1.00 bits per heavy atom. The molecule has 0 aliphatic heterocycles. The number of hydrogen-bond acceptors (Lipinski definition) is 5. The van der Waals surface area contributed by atoms with Gasteiger partial charge in [-0.25, -0.2) is 4.79 Å². The second-order valence-electron chi connectivity index (χ2n) is 7.14. The molecular weight excluding hydrogens is 348 g/mol. The summed E-state index contributed by atoms with van der Waals surface area (Å²) in [6, 6.07) is 9.01. The molecule has 1 atom stereocenters. The van der Waals surface area contributed by atoms with Crippen molar-refractivity contribution < 1.29 is 23.9 Å². The SMILES string of the molecule is C[C@@H](OC(=O)c1cc[n+]([O-])cc1)C(=O)c1ccc(NC(=O)C(C)(C)C)cc1. The summed E-state index contributed by atoms with van der Waals surface area (Å²) in [7, 11) is 0. The highest BCUT2D eigenvalue weighted by Gasteiger charge is 2.23. The lowest BCUT2D eigenvalue weighted by atomic mass is 9.95. The predicted molar refractivity (Wildman–Crippen MR) is 99.1 cm³/mol. The Balaban J connectivity index is 2.01. The van der Waals surface area contributed by atoms with Crippen LogP contribution in [0.2, 0.25) is 0 Å². The number of Topliss-reactive ketones (excluding diaryl/α,β-unsaturated/α-hetero) is 1. The van der Waals surface area contributed by atoms with Crippen LogP contribution in [0.5, 0.6) is 0 Å². The number of ether oxygens (including phenoxy) is 1. The largest absolute Gasteiger partial charge is 0.619 e. The summed E-state index contributed by atoms with van der Waals surface area (Å²) in [5, 5.41) is 13.8. The molecule has 1 aromatic heterocycles. The first kappa shape index (κ1) is 20.1. The van der Waals surface area contributed by atoms with Gasteiger partial charge in [0.05, 0.1) is 5.56 Å². The number of nitrogens with one attached hydrogen (secondary N) is 1. The fourth-order valence-electron chi connectivity index (χ4n) is 2.10. The molecule has 1 aromatic carbocycles. The van der Waals surface area contributed by atoms with Crippen molar-refractivity contribution in [2.24, 2.45) is 5.41 Å². The molecule has 0 bridgehead atoms. The van der Waals surface area contributed by atoms with Crippen molar-refractivity contribution in [3.63, 3.8) is 0 Å². The number of carbonyl (C=O) groups excluding carboxylic acids is 3. The molecule has 27 heavy (non-hydrogen) atoms. The van der Waals surface area contributed by atoms with Crippen LogP contribution in [0.1, 0.15) is 48.4 Å². The Hall–Kier alpha value is -3.22. The van der Waals surface area contributed by atoms with Crippen LogP contribution in [-0.2, 0) is 9.53 Å². The second kappa shape index (κ2) is 7.99. The smallest absolute Gasteiger partial charge is 0.339 e. The van der Waals surface area contributed by atoms with E-state index in [0.717, 1.165) is 0 Å². The van der Waals surface area contributed by atoms with Crippen LogP contribution in [0.4, 0.5) is 5.69 Å². The highest BCUT2D eigenvalue weighted by atomic mass is 16.5. The summed E-state index contributed by atoms with van der Waals surface area (Å²) in [5.74, 6) is -1.19. The van der Waals surface area contributed by atoms with E-state index in [1.807, 2.05) is 0 Å². The van der Waals surface area contributed by atoms with E-state index < -0.39 is 17.5 Å². The molecule has 2 aromatic rings. The van der Waals surface area contributed by atoms with Gasteiger partial charge in [-0.05, 0) is 31.2 Å². The van der Waals surface area contributed by atoms with Gasteiger partial charge < -0.3 is 15.3 Å². The van der Waals surface area contributed by atoms with Crippen molar-refractivity contribution in [2.45, 2.75) is 33.8 Å². The fourth-order valence-corrected chi connectivity index (χ4v) is 2.10. The quantitative estimate of drug-likeness (QED) is 0.378. The van der Waals surface area contributed by atoms with Crippen LogP contribution in [0, 0.1) is 10.6 Å². The van der Waals surface area contributed by atoms with Gasteiger partial charge in [-0.2, -0.15) is 4.73 Å². The highest BCUT2D eigenvalue weighted by molar-refractivity contribution is 6.02. The molecule has 0 aliphatic rings. The van der Waals surface area contributed by atoms with Crippen LogP contribution in [-0.4, -0.2) is 23.8 Å². The normalized spacial score (nSPS) is 12.1. The molecule has 142 valence electrons. The first-order valence-electron chi connectivity index (χ1n) is 8.43. The fraction of sp³-hybridized carbons (Fsp3) is 0.300. The molecule has 7 heteroatoms. The molecule has 0 aliphatic carbocycles. The third kappa shape index (κ3) is 5.37. The number of aromatic nitrogens is 1. The van der Waals surface area contributed by atoms with E-state index in [-0.39, 0.29) is 17.3 Å². The van der Waals surface area contributed by atoms with Crippen LogP contribution in [0.3, 0.4) is 0 Å². The average molecular weight is 370 g/mol. The van der Waals surface area contributed by atoms with Gasteiger partial charge in [-0.1, -0.05) is 20.8 Å². The number of amides is 1. The molecular formula is C20H22N2O5. The van der Waals surface area contributed by atoms with Gasteiger partial charge >= 0.3 is 5.97 Å². The predicted octanol–water partition coefficient (Wildman–Crippen LogP) is 2.73. The maximum atomic E-state index is 12.4. The summed E-state index contributed by atoms with van der Waals surface area (Å²) in [6.07, 6.45) is 1.36. The number of rotatable bonds is 5. The lowest BCUT2D eigenvalue weighted by Gasteiger charge is -2.18. The minimum Gasteiger partial charge on any atom is -0.619 e. The van der Waals surface area contributed by atoms with Crippen LogP contribution in [0.15, 0.2) is 48.8 Å². The zero-order valence-corrected chi connectivity index (χ0v) is 15.7. The van der Waals surface area contributed by atoms with Gasteiger partial charge in [0.2, 0.25) is 11.7 Å². The number of benzene rings is 1. The number of pyridine rings is 1. The maximum Gasteiger partial charge on any atom is 0.339 e. The number of ketones is 1. The van der Waals surface area contributed by atoms with Gasteiger partial charge in [0.1, 0.15) is 0 Å². The van der Waals surface area contributed by atoms with Crippen LogP contribution < -0.4 is 10.0 Å². The standard InChI is InChI=1S/C20H22N2O5/c1-13(27-18(24)15-9-11-22(26)12-10-15)17(23)14-5-7-16(8-6-14)21-19(25)20(2,3)4/h5-13H,1-4H3,(H,21,25)/t13-/m1/s1. The van der Waals surface area contributed by atoms with Gasteiger partial charge in [0.25, 0.3) is 0 Å². The number of nitrogens with zero attached hydrogens (tertiary/aromatic N) is 1. The Morgan fingerprint density at radius 3 is 2.07 bits per heavy atom. The Labute approximate surface area is 157 Å². The number of anilines is 1. The Morgan fingerprint density at radius 2 is 1.56 bits per heavy atom. The molecule has 7 nitrogen and oxygen atoms in total. The summed E-state index contributed by atoms with van der Waals surface area (Å²) >= 11 is 0. The van der Waals surface area contributed by atoms with Gasteiger partial charge in [-0.15, -0.1) is 0 Å². The molecule has 1 N–H and O–H groups in total. The van der Waals surface area contributed by atoms with E-state index in [4.69, 9.17) is 4.74 Å². The van der Waals surface area contributed by atoms with E-state index >= 15 is 0 Å². The molecule has 0 fully saturated rings. The second-order valence-corrected chi connectivity index (χ2v) is 7.14. The van der Waals surface area contributed by atoms with Gasteiger partial charge in [0, 0.05) is 28.8 Å². The summed E-state index contributed by atoms with van der Waals surface area (Å²) < 4.78 is 5.71. The number of esters is 1. The maximum absolute atomic E-state index is 12.4. The lowest BCUT2D eigenvalue weighted by Crippen LogP contribution is -2.28. The van der Waals surface area contributed by atoms with Gasteiger partial charge in [0.15, 0.2) is 18.5 Å². The summed E-state index contributed by atoms with van der Waals surface area (Å²) in [4.78, 5) is 36.5. The number of hydrogen-bond donors (Lipinski definition) is 1. The first-order chi connectivity index (χ1) is 12.6. The van der Waals surface area contributed by atoms with Gasteiger partial charge in [-0.3, -0.25) is 9.59 Å². The summed E-state index contributed by atoms with van der Waals surface area (Å²) in [5.41, 5.74) is 0.586. The molecule has 1 amide bonds. The van der Waals surface area contributed by atoms with Crippen molar-refractivity contribution in [3.05, 3.63) is 65.1 Å². The van der Waals surface area contributed by atoms with Crippen molar-refractivity contribution in [1.29, 1.82) is 0 Å². The highest BCUT2D eigenvalue weighted by Crippen LogP contribution is 2.18. The molecule has 0 radical (unpaired) electrons. The monoisotopic (exact) mass is 370 g/mol. The zero-order valence-electron chi connectivity index (χ0n) is 15.7. The van der Waals surface area contributed by atoms with E-state index in [1.165, 1.54) is 31.5 Å². The minimum atomic E-state index is -0.993. The Kier molecular flexibility index (Phi) is 5.95. The van der Waals surface area contributed by atoms with Crippen molar-refractivity contribution in [2.75, 3.05) is 5.32 Å². The van der Waals surface area contributed by atoms with Crippen molar-refractivity contribution >= 4 is 23.3 Å². The van der Waals surface area contributed by atoms with E-state index in [9.17, 15) is 19.6 Å². The molecule has 0 unspecified atom stereocenters. The third-order valence-corrected chi connectivity index (χ3v) is 3.80.